The summed E-state index contributed by atoms with van der Waals surface area (Å²) in [5.41, 5.74) is 10.8. The quantitative estimate of drug-likeness (QED) is 0.619. The first-order chi connectivity index (χ1) is 4.75. The van der Waals surface area contributed by atoms with Crippen LogP contribution in [-0.4, -0.2) is 9.97 Å². The highest BCUT2D eigenvalue weighted by Crippen LogP contribution is 2.28. The predicted octanol–water partition coefficient (Wildman–Crippen LogP) is 0.917. The Balaban J connectivity index is 2.83. The van der Waals surface area contributed by atoms with Crippen LogP contribution in [0.4, 0.5) is 10.3 Å². The van der Waals surface area contributed by atoms with Crippen LogP contribution in [0.2, 0.25) is 0 Å². The second-order valence-electron chi connectivity index (χ2n) is 1.71. The van der Waals surface area contributed by atoms with E-state index in [4.69, 9.17) is 11.5 Å². The van der Waals surface area contributed by atoms with E-state index < -0.39 is 0 Å². The van der Waals surface area contributed by atoms with Crippen molar-refractivity contribution in [3.8, 4) is 0 Å². The van der Waals surface area contributed by atoms with E-state index in [2.05, 4.69) is 9.97 Å². The third-order valence-electron chi connectivity index (χ3n) is 1.01. The Bertz CT molecular complexity index is 299. The van der Waals surface area contributed by atoms with Gasteiger partial charge in [0.25, 0.3) is 0 Å². The number of aromatic nitrogens is 2. The molecule has 0 unspecified atom stereocenters. The van der Waals surface area contributed by atoms with Crippen molar-refractivity contribution in [1.82, 2.24) is 9.97 Å². The van der Waals surface area contributed by atoms with Gasteiger partial charge in [0.1, 0.15) is 0 Å². The lowest BCUT2D eigenvalue weighted by Crippen LogP contribution is -1.80. The summed E-state index contributed by atoms with van der Waals surface area (Å²) in [4.78, 5) is 9.68. The van der Waals surface area contributed by atoms with Gasteiger partial charge in [-0.15, -0.1) is 0 Å². The van der Waals surface area contributed by atoms with Crippen molar-refractivity contribution < 1.29 is 0 Å². The zero-order valence-electron chi connectivity index (χ0n) is 4.87. The summed E-state index contributed by atoms with van der Waals surface area (Å²) in [5.74, 6) is 0. The van der Waals surface area contributed by atoms with E-state index in [-0.39, 0.29) is 0 Å². The molecule has 4 N–H and O–H groups in total. The van der Waals surface area contributed by atoms with Crippen LogP contribution >= 0.6 is 22.7 Å². The SMILES string of the molecule is Nc1nc2sc(N)nc2s1. The second kappa shape index (κ2) is 1.80. The molecule has 10 heavy (non-hydrogen) atoms. The van der Waals surface area contributed by atoms with Crippen molar-refractivity contribution in [1.29, 1.82) is 0 Å². The molecule has 4 nitrogen and oxygen atoms in total. The Morgan fingerprint density at radius 2 is 1.30 bits per heavy atom. The minimum Gasteiger partial charge on any atom is -0.375 e. The highest BCUT2D eigenvalue weighted by molar-refractivity contribution is 7.29. The van der Waals surface area contributed by atoms with Gasteiger partial charge in [0.15, 0.2) is 19.9 Å². The number of thiazole rings is 2. The van der Waals surface area contributed by atoms with Gasteiger partial charge in [-0.05, 0) is 0 Å². The van der Waals surface area contributed by atoms with Gasteiger partial charge in [-0.2, -0.15) is 0 Å². The molecule has 0 fully saturated rings. The smallest absolute Gasteiger partial charge is 0.183 e. The maximum atomic E-state index is 5.42. The molecular formula is C4H4N4S2. The largest absolute Gasteiger partial charge is 0.375 e. The minimum atomic E-state index is 0.550. The summed E-state index contributed by atoms with van der Waals surface area (Å²) >= 11 is 2.72. The molecule has 6 heteroatoms. The van der Waals surface area contributed by atoms with Crippen molar-refractivity contribution >= 4 is 42.6 Å². The summed E-state index contributed by atoms with van der Waals surface area (Å²) in [6.07, 6.45) is 0. The van der Waals surface area contributed by atoms with Crippen LogP contribution in [0.25, 0.3) is 9.66 Å². The van der Waals surface area contributed by atoms with Gasteiger partial charge in [-0.3, -0.25) is 0 Å². The standard InChI is InChI=1S/C4H4N4S2/c5-3-7-1-2(10-3)8-4(6)9-1/h(H2,5,7)(H2,6,8). The predicted molar refractivity (Wildman–Crippen MR) is 44.1 cm³/mol. The van der Waals surface area contributed by atoms with Crippen molar-refractivity contribution in [2.75, 3.05) is 11.5 Å². The van der Waals surface area contributed by atoms with Crippen molar-refractivity contribution in [2.45, 2.75) is 0 Å². The van der Waals surface area contributed by atoms with E-state index in [1.807, 2.05) is 0 Å². The summed E-state index contributed by atoms with van der Waals surface area (Å²) < 4.78 is 0. The van der Waals surface area contributed by atoms with Crippen LogP contribution in [0.1, 0.15) is 0 Å². The van der Waals surface area contributed by atoms with Gasteiger partial charge in [-0.1, -0.05) is 22.7 Å². The lowest BCUT2D eigenvalue weighted by atomic mass is 10.9. The lowest BCUT2D eigenvalue weighted by Gasteiger charge is -1.74. The molecule has 2 heterocycles. The van der Waals surface area contributed by atoms with Crippen molar-refractivity contribution in [2.24, 2.45) is 0 Å². The highest BCUT2D eigenvalue weighted by Gasteiger charge is 2.04. The van der Waals surface area contributed by atoms with Gasteiger partial charge in [0.2, 0.25) is 0 Å². The Morgan fingerprint density at radius 1 is 0.900 bits per heavy atom. The lowest BCUT2D eigenvalue weighted by molar-refractivity contribution is 1.50. The van der Waals surface area contributed by atoms with Crippen molar-refractivity contribution in [3.63, 3.8) is 0 Å². The first kappa shape index (κ1) is 5.87. The zero-order valence-corrected chi connectivity index (χ0v) is 6.50. The molecular weight excluding hydrogens is 168 g/mol. The molecule has 0 saturated carbocycles. The molecule has 0 amide bonds. The fourth-order valence-electron chi connectivity index (χ4n) is 0.673. The Labute approximate surface area is 64.5 Å². The zero-order chi connectivity index (χ0) is 7.14. The van der Waals surface area contributed by atoms with Crippen LogP contribution in [0.5, 0.6) is 0 Å². The molecule has 52 valence electrons. The summed E-state index contributed by atoms with van der Waals surface area (Å²) in [7, 11) is 0. The molecule has 2 aromatic rings. The second-order valence-corrected chi connectivity index (χ2v) is 3.73. The maximum absolute atomic E-state index is 5.42. The van der Waals surface area contributed by atoms with E-state index in [0.29, 0.717) is 10.3 Å². The number of hydrogen-bond acceptors (Lipinski definition) is 6. The minimum absolute atomic E-state index is 0.550. The topological polar surface area (TPSA) is 77.8 Å². The highest BCUT2D eigenvalue weighted by atomic mass is 32.1. The molecule has 2 aromatic heterocycles. The van der Waals surface area contributed by atoms with Crippen LogP contribution in [0.3, 0.4) is 0 Å². The average molecular weight is 172 g/mol. The summed E-state index contributed by atoms with van der Waals surface area (Å²) in [5, 5.41) is 1.10. The van der Waals surface area contributed by atoms with Crippen LogP contribution in [0.15, 0.2) is 0 Å². The van der Waals surface area contributed by atoms with Crippen LogP contribution in [0, 0.1) is 0 Å². The summed E-state index contributed by atoms with van der Waals surface area (Å²) in [6.45, 7) is 0. The van der Waals surface area contributed by atoms with Gasteiger partial charge in [-0.25, -0.2) is 9.97 Å². The Kier molecular flexibility index (Phi) is 1.06. The average Bonchev–Trinajstić information content (AvgIpc) is 2.21. The van der Waals surface area contributed by atoms with Crippen molar-refractivity contribution in [3.05, 3.63) is 0 Å². The number of nitrogens with two attached hydrogens (primary N) is 2. The molecule has 0 aliphatic carbocycles. The normalized spacial score (nSPS) is 10.8. The monoisotopic (exact) mass is 172 g/mol. The molecule has 0 atom stereocenters. The molecule has 2 rings (SSSR count). The van der Waals surface area contributed by atoms with Gasteiger partial charge in [0.05, 0.1) is 0 Å². The Hall–Kier alpha value is -0.880. The fraction of sp³-hybridized carbons (Fsp3) is 0. The third-order valence-corrected chi connectivity index (χ3v) is 2.69. The summed E-state index contributed by atoms with van der Waals surface area (Å²) in [6, 6.07) is 0. The number of anilines is 2. The third kappa shape index (κ3) is 0.729. The van der Waals surface area contributed by atoms with E-state index in [1.165, 1.54) is 22.7 Å². The van der Waals surface area contributed by atoms with E-state index in [9.17, 15) is 0 Å². The number of rotatable bonds is 0. The molecule has 0 aliphatic heterocycles. The van der Waals surface area contributed by atoms with Gasteiger partial charge < -0.3 is 11.5 Å². The molecule has 0 saturated heterocycles. The molecule has 0 bridgehead atoms. The van der Waals surface area contributed by atoms with E-state index in [1.54, 1.807) is 0 Å². The van der Waals surface area contributed by atoms with Crippen LogP contribution in [-0.2, 0) is 0 Å². The van der Waals surface area contributed by atoms with Crippen LogP contribution < -0.4 is 11.5 Å². The molecule has 0 spiro atoms. The molecule has 0 aliphatic rings. The fourth-order valence-corrected chi connectivity index (χ4v) is 2.26. The van der Waals surface area contributed by atoms with Gasteiger partial charge >= 0.3 is 0 Å². The van der Waals surface area contributed by atoms with E-state index in [0.717, 1.165) is 9.66 Å². The number of nitrogen functional groups attached to an aromatic ring is 2. The number of nitrogens with zero attached hydrogens (tertiary/aromatic N) is 2. The Morgan fingerprint density at radius 3 is 1.70 bits per heavy atom. The maximum Gasteiger partial charge on any atom is 0.183 e. The molecule has 0 radical (unpaired) electrons. The van der Waals surface area contributed by atoms with Gasteiger partial charge in [0, 0.05) is 0 Å². The number of fused-ring (bicyclic) bond motifs is 1. The molecule has 0 aromatic carbocycles. The first-order valence-electron chi connectivity index (χ1n) is 2.54. The van der Waals surface area contributed by atoms with E-state index >= 15 is 0 Å². The first-order valence-corrected chi connectivity index (χ1v) is 4.17. The number of hydrogen-bond donors (Lipinski definition) is 2.